The fourth-order valence-electron chi connectivity index (χ4n) is 1.78. The van der Waals surface area contributed by atoms with Crippen molar-refractivity contribution >= 4 is 11.6 Å². The average Bonchev–Trinajstić information content (AvgIpc) is 2.79. The third kappa shape index (κ3) is 2.17. The zero-order valence-corrected chi connectivity index (χ0v) is 10.1. The van der Waals surface area contributed by atoms with Crippen LogP contribution < -0.4 is 9.47 Å². The molecule has 2 rings (SSSR count). The Bertz CT molecular complexity index is 470. The molecule has 1 aromatic rings. The van der Waals surface area contributed by atoms with Gasteiger partial charge in [0.1, 0.15) is 0 Å². The third-order valence-electron chi connectivity index (χ3n) is 2.78. The Balaban J connectivity index is 2.34. The molecule has 4 nitrogen and oxygen atoms in total. The maximum absolute atomic E-state index is 10.1. The zero-order valence-electron chi connectivity index (χ0n) is 9.31. The second-order valence-electron chi connectivity index (χ2n) is 3.83. The lowest BCUT2D eigenvalue weighted by Gasteiger charge is -2.16. The van der Waals surface area contributed by atoms with Gasteiger partial charge in [-0.2, -0.15) is 5.26 Å². The van der Waals surface area contributed by atoms with Gasteiger partial charge < -0.3 is 14.6 Å². The monoisotopic (exact) mass is 253 g/mol. The van der Waals surface area contributed by atoms with Gasteiger partial charge in [-0.05, 0) is 24.1 Å². The number of aliphatic hydroxyl groups excluding tert-OH is 1. The van der Waals surface area contributed by atoms with E-state index in [4.69, 9.17) is 26.3 Å². The van der Waals surface area contributed by atoms with Crippen molar-refractivity contribution in [3.05, 3.63) is 22.7 Å². The number of aliphatic hydroxyl groups is 1. The fourth-order valence-corrected chi connectivity index (χ4v) is 2.05. The van der Waals surface area contributed by atoms with Crippen molar-refractivity contribution in [3.8, 4) is 17.6 Å². The molecule has 0 aromatic heterocycles. The van der Waals surface area contributed by atoms with Crippen LogP contribution in [0.5, 0.6) is 11.5 Å². The van der Waals surface area contributed by atoms with Crippen LogP contribution in [0.3, 0.4) is 0 Å². The molecule has 0 fully saturated rings. The summed E-state index contributed by atoms with van der Waals surface area (Å²) in [6, 6.07) is 5.35. The average molecular weight is 254 g/mol. The molecule has 1 aliphatic rings. The van der Waals surface area contributed by atoms with E-state index in [1.807, 2.05) is 6.92 Å². The van der Waals surface area contributed by atoms with Gasteiger partial charge in [0.05, 0.1) is 23.1 Å². The van der Waals surface area contributed by atoms with E-state index in [0.29, 0.717) is 28.5 Å². The van der Waals surface area contributed by atoms with Crippen molar-refractivity contribution in [2.45, 2.75) is 19.4 Å². The van der Waals surface area contributed by atoms with Crippen LogP contribution in [-0.4, -0.2) is 11.9 Å². The van der Waals surface area contributed by atoms with Gasteiger partial charge in [-0.15, -0.1) is 0 Å². The third-order valence-corrected chi connectivity index (χ3v) is 3.06. The number of fused-ring (bicyclic) bond motifs is 1. The Labute approximate surface area is 104 Å². The summed E-state index contributed by atoms with van der Waals surface area (Å²) in [5.41, 5.74) is 0.577. The van der Waals surface area contributed by atoms with E-state index in [1.165, 1.54) is 0 Å². The molecule has 0 bridgehead atoms. The van der Waals surface area contributed by atoms with E-state index in [1.54, 1.807) is 12.1 Å². The molecule has 1 aromatic carbocycles. The van der Waals surface area contributed by atoms with E-state index in [2.05, 4.69) is 6.07 Å². The van der Waals surface area contributed by atoms with E-state index in [-0.39, 0.29) is 6.79 Å². The van der Waals surface area contributed by atoms with Crippen LogP contribution in [0.4, 0.5) is 0 Å². The Kier molecular flexibility index (Phi) is 3.41. The van der Waals surface area contributed by atoms with Crippen molar-refractivity contribution in [1.29, 1.82) is 5.26 Å². The molecule has 2 unspecified atom stereocenters. The highest BCUT2D eigenvalue weighted by molar-refractivity contribution is 6.32. The minimum Gasteiger partial charge on any atom is -0.454 e. The summed E-state index contributed by atoms with van der Waals surface area (Å²) in [6.45, 7) is 1.98. The van der Waals surface area contributed by atoms with Crippen LogP contribution in [0.2, 0.25) is 5.02 Å². The molecule has 1 heterocycles. The Morgan fingerprint density at radius 3 is 2.94 bits per heavy atom. The molecule has 0 spiro atoms. The summed E-state index contributed by atoms with van der Waals surface area (Å²) in [4.78, 5) is 0. The van der Waals surface area contributed by atoms with Crippen LogP contribution in [0, 0.1) is 17.2 Å². The van der Waals surface area contributed by atoms with Gasteiger partial charge in [0.25, 0.3) is 0 Å². The van der Waals surface area contributed by atoms with Gasteiger partial charge in [-0.3, -0.25) is 0 Å². The van der Waals surface area contributed by atoms with Crippen molar-refractivity contribution in [2.75, 3.05) is 6.79 Å². The van der Waals surface area contributed by atoms with Gasteiger partial charge in [-0.25, -0.2) is 0 Å². The molecule has 5 heteroatoms. The van der Waals surface area contributed by atoms with E-state index in [9.17, 15) is 5.11 Å². The highest BCUT2D eigenvalue weighted by Gasteiger charge is 2.24. The van der Waals surface area contributed by atoms with Gasteiger partial charge >= 0.3 is 0 Å². The minimum atomic E-state index is -0.864. The first kappa shape index (κ1) is 12.0. The highest BCUT2D eigenvalue weighted by Crippen LogP contribution is 2.42. The summed E-state index contributed by atoms with van der Waals surface area (Å²) in [7, 11) is 0. The first-order valence-electron chi connectivity index (χ1n) is 5.34. The van der Waals surface area contributed by atoms with Gasteiger partial charge in [-0.1, -0.05) is 18.5 Å². The number of rotatable bonds is 3. The summed E-state index contributed by atoms with van der Waals surface area (Å²) in [5, 5.41) is 19.4. The van der Waals surface area contributed by atoms with Crippen LogP contribution in [0.15, 0.2) is 12.1 Å². The summed E-state index contributed by atoms with van der Waals surface area (Å²) < 4.78 is 10.4. The molecular weight excluding hydrogens is 242 g/mol. The number of nitriles is 1. The predicted octanol–water partition coefficient (Wildman–Crippen LogP) is 2.65. The lowest BCUT2D eigenvalue weighted by atomic mass is 9.94. The van der Waals surface area contributed by atoms with Gasteiger partial charge in [0.15, 0.2) is 11.5 Å². The number of benzene rings is 1. The number of hydrogen-bond acceptors (Lipinski definition) is 4. The molecule has 0 amide bonds. The zero-order chi connectivity index (χ0) is 12.4. The number of halogens is 1. The highest BCUT2D eigenvalue weighted by atomic mass is 35.5. The van der Waals surface area contributed by atoms with E-state index < -0.39 is 12.0 Å². The number of hydrogen-bond donors (Lipinski definition) is 1. The van der Waals surface area contributed by atoms with Gasteiger partial charge in [0, 0.05) is 0 Å². The minimum absolute atomic E-state index is 0.129. The summed E-state index contributed by atoms with van der Waals surface area (Å²) in [6.07, 6.45) is -0.291. The molecule has 1 N–H and O–H groups in total. The molecule has 2 atom stereocenters. The second-order valence-corrected chi connectivity index (χ2v) is 4.23. The Morgan fingerprint density at radius 2 is 2.29 bits per heavy atom. The standard InChI is InChI=1S/C12H12ClNO3/c1-2-7(5-14)11(15)8-3-9(13)12-10(4-8)16-6-17-12/h3-4,7,11,15H,2,6H2,1H3. The fraction of sp³-hybridized carbons (Fsp3) is 0.417. The summed E-state index contributed by atoms with van der Waals surface area (Å²) >= 11 is 6.01. The Morgan fingerprint density at radius 1 is 1.53 bits per heavy atom. The molecule has 0 aliphatic carbocycles. The smallest absolute Gasteiger partial charge is 0.231 e. The van der Waals surface area contributed by atoms with Crippen molar-refractivity contribution < 1.29 is 14.6 Å². The van der Waals surface area contributed by atoms with Crippen LogP contribution in [0.25, 0.3) is 0 Å². The number of nitrogens with zero attached hydrogens (tertiary/aromatic N) is 1. The largest absolute Gasteiger partial charge is 0.454 e. The van der Waals surface area contributed by atoms with Gasteiger partial charge in [0.2, 0.25) is 6.79 Å². The molecule has 0 saturated carbocycles. The topological polar surface area (TPSA) is 62.5 Å². The first-order chi connectivity index (χ1) is 8.17. The number of ether oxygens (including phenoxy) is 2. The maximum Gasteiger partial charge on any atom is 0.231 e. The summed E-state index contributed by atoms with van der Waals surface area (Å²) in [5.74, 6) is 0.554. The van der Waals surface area contributed by atoms with E-state index >= 15 is 0 Å². The van der Waals surface area contributed by atoms with E-state index in [0.717, 1.165) is 0 Å². The normalized spacial score (nSPS) is 16.4. The van der Waals surface area contributed by atoms with Crippen LogP contribution in [0.1, 0.15) is 25.0 Å². The van der Waals surface area contributed by atoms with Crippen LogP contribution >= 0.6 is 11.6 Å². The molecule has 1 aliphatic heterocycles. The molecule has 0 radical (unpaired) electrons. The quantitative estimate of drug-likeness (QED) is 0.900. The van der Waals surface area contributed by atoms with Crippen molar-refractivity contribution in [3.63, 3.8) is 0 Å². The molecular formula is C12H12ClNO3. The second kappa shape index (κ2) is 4.82. The van der Waals surface area contributed by atoms with Crippen molar-refractivity contribution in [2.24, 2.45) is 5.92 Å². The first-order valence-corrected chi connectivity index (χ1v) is 5.72. The predicted molar refractivity (Wildman–Crippen MR) is 61.9 cm³/mol. The van der Waals surface area contributed by atoms with Crippen LogP contribution in [-0.2, 0) is 0 Å². The van der Waals surface area contributed by atoms with Crippen molar-refractivity contribution in [1.82, 2.24) is 0 Å². The Hall–Kier alpha value is -1.44. The SMILES string of the molecule is CCC(C#N)C(O)c1cc(Cl)c2c(c1)OCO2. The lowest BCUT2D eigenvalue weighted by molar-refractivity contribution is 0.132. The maximum atomic E-state index is 10.1. The molecule has 0 saturated heterocycles. The molecule has 17 heavy (non-hydrogen) atoms. The molecule has 90 valence electrons. The lowest BCUT2D eigenvalue weighted by Crippen LogP contribution is -2.09.